The van der Waals surface area contributed by atoms with Crippen molar-refractivity contribution in [3.8, 4) is 17.3 Å². The van der Waals surface area contributed by atoms with Gasteiger partial charge in [-0.2, -0.15) is 5.26 Å². The first kappa shape index (κ1) is 15.2. The quantitative estimate of drug-likeness (QED) is 0.731. The van der Waals surface area contributed by atoms with E-state index in [1.807, 2.05) is 41.8 Å². The molecule has 0 unspecified atom stereocenters. The minimum atomic E-state index is 0. The molecule has 0 spiro atoms. The Kier molecular flexibility index (Phi) is 5.04. The number of halogens is 1. The minimum Gasteiger partial charge on any atom is -0.265 e. The molecule has 2 aromatic heterocycles. The molecule has 1 aromatic carbocycles. The Morgan fingerprint density at radius 2 is 1.86 bits per heavy atom. The third kappa shape index (κ3) is 3.46. The zero-order valence-corrected chi connectivity index (χ0v) is 12.7. The summed E-state index contributed by atoms with van der Waals surface area (Å²) >= 11 is 1.62. The molecule has 0 aliphatic heterocycles. The lowest BCUT2D eigenvalue weighted by Gasteiger charge is -2.00. The van der Waals surface area contributed by atoms with Crippen LogP contribution in [0.15, 0.2) is 54.2 Å². The molecule has 0 saturated carbocycles. The van der Waals surface area contributed by atoms with E-state index in [9.17, 15) is 0 Å². The van der Waals surface area contributed by atoms with Crippen molar-refractivity contribution >= 4 is 23.7 Å². The smallest absolute Gasteiger partial charge is 0.0994 e. The Bertz CT molecular complexity index is 762. The molecule has 0 bridgehead atoms. The number of aromatic nitrogens is 2. The van der Waals surface area contributed by atoms with Gasteiger partial charge in [0.1, 0.15) is 0 Å². The monoisotopic (exact) mass is 313 g/mol. The van der Waals surface area contributed by atoms with E-state index in [0.717, 1.165) is 21.8 Å². The van der Waals surface area contributed by atoms with Gasteiger partial charge in [0, 0.05) is 29.8 Å². The Hall–Kier alpha value is -2.22. The summed E-state index contributed by atoms with van der Waals surface area (Å²) in [5.74, 6) is 0. The second-order valence-corrected chi connectivity index (χ2v) is 5.25. The molecule has 0 radical (unpaired) electrons. The highest BCUT2D eigenvalue weighted by atomic mass is 35.5. The second-order valence-electron chi connectivity index (χ2n) is 4.31. The van der Waals surface area contributed by atoms with E-state index in [4.69, 9.17) is 5.26 Å². The average Bonchev–Trinajstić information content (AvgIpc) is 2.97. The molecule has 5 heteroatoms. The molecule has 0 amide bonds. The van der Waals surface area contributed by atoms with Crippen LogP contribution in [0.5, 0.6) is 0 Å². The summed E-state index contributed by atoms with van der Waals surface area (Å²) in [4.78, 5) is 8.64. The number of pyridine rings is 1. The van der Waals surface area contributed by atoms with E-state index in [1.165, 1.54) is 0 Å². The van der Waals surface area contributed by atoms with Crippen LogP contribution >= 0.6 is 23.7 Å². The van der Waals surface area contributed by atoms with Gasteiger partial charge in [0.25, 0.3) is 0 Å². The summed E-state index contributed by atoms with van der Waals surface area (Å²) in [5, 5.41) is 12.2. The summed E-state index contributed by atoms with van der Waals surface area (Å²) in [6.45, 7) is 0. The molecule has 0 saturated heterocycles. The predicted molar refractivity (Wildman–Crippen MR) is 86.6 cm³/mol. The number of benzene rings is 1. The van der Waals surface area contributed by atoms with Crippen molar-refractivity contribution in [2.24, 2.45) is 0 Å². The van der Waals surface area contributed by atoms with Gasteiger partial charge in [-0.25, -0.2) is 4.98 Å². The van der Waals surface area contributed by atoms with Gasteiger partial charge in [0.2, 0.25) is 0 Å². The highest BCUT2D eigenvalue weighted by Gasteiger charge is 2.07. The standard InChI is InChI=1S/C16H11N3S.ClH/c17-10-14-4-2-1-3-13(14)9-16-19-15(11-20-16)12-5-7-18-8-6-12;/h1-8,11H,9H2;1H. The van der Waals surface area contributed by atoms with Gasteiger partial charge in [-0.15, -0.1) is 23.7 Å². The van der Waals surface area contributed by atoms with Crippen LogP contribution in [0.1, 0.15) is 16.1 Å². The summed E-state index contributed by atoms with van der Waals surface area (Å²) in [7, 11) is 0. The van der Waals surface area contributed by atoms with Gasteiger partial charge in [-0.05, 0) is 23.8 Å². The summed E-state index contributed by atoms with van der Waals surface area (Å²) in [5.41, 5.74) is 3.76. The van der Waals surface area contributed by atoms with E-state index < -0.39 is 0 Å². The fourth-order valence-corrected chi connectivity index (χ4v) is 2.82. The van der Waals surface area contributed by atoms with Crippen molar-refractivity contribution < 1.29 is 0 Å². The molecular weight excluding hydrogens is 302 g/mol. The predicted octanol–water partition coefficient (Wildman–Crippen LogP) is 4.09. The maximum Gasteiger partial charge on any atom is 0.0994 e. The van der Waals surface area contributed by atoms with E-state index in [0.29, 0.717) is 12.0 Å². The number of hydrogen-bond acceptors (Lipinski definition) is 4. The van der Waals surface area contributed by atoms with Gasteiger partial charge >= 0.3 is 0 Å². The lowest BCUT2D eigenvalue weighted by Crippen LogP contribution is -1.91. The SMILES string of the molecule is Cl.N#Cc1ccccc1Cc1nc(-c2ccncc2)cs1. The third-order valence-corrected chi connectivity index (χ3v) is 3.86. The van der Waals surface area contributed by atoms with E-state index in [-0.39, 0.29) is 12.4 Å². The zero-order chi connectivity index (χ0) is 13.8. The van der Waals surface area contributed by atoms with Crippen LogP contribution in [0.25, 0.3) is 11.3 Å². The van der Waals surface area contributed by atoms with Crippen LogP contribution in [-0.2, 0) is 6.42 Å². The van der Waals surface area contributed by atoms with Gasteiger partial charge in [0.15, 0.2) is 0 Å². The number of rotatable bonds is 3. The normalized spacial score (nSPS) is 9.67. The fraction of sp³-hybridized carbons (Fsp3) is 0.0625. The molecular formula is C16H12ClN3S. The molecule has 0 aliphatic rings. The molecule has 0 N–H and O–H groups in total. The van der Waals surface area contributed by atoms with Crippen LogP contribution in [0, 0.1) is 11.3 Å². The third-order valence-electron chi connectivity index (χ3n) is 3.01. The Morgan fingerprint density at radius 1 is 1.10 bits per heavy atom. The van der Waals surface area contributed by atoms with Crippen molar-refractivity contribution in [3.63, 3.8) is 0 Å². The summed E-state index contributed by atoms with van der Waals surface area (Å²) in [6.07, 6.45) is 4.22. The van der Waals surface area contributed by atoms with Gasteiger partial charge in [-0.3, -0.25) is 4.98 Å². The van der Waals surface area contributed by atoms with Crippen LogP contribution in [0.2, 0.25) is 0 Å². The van der Waals surface area contributed by atoms with E-state index in [1.54, 1.807) is 23.7 Å². The maximum absolute atomic E-state index is 9.11. The number of nitrogens with zero attached hydrogens (tertiary/aromatic N) is 3. The Morgan fingerprint density at radius 3 is 2.62 bits per heavy atom. The highest BCUT2D eigenvalue weighted by molar-refractivity contribution is 7.10. The first-order valence-electron chi connectivity index (χ1n) is 6.19. The first-order chi connectivity index (χ1) is 9.86. The van der Waals surface area contributed by atoms with Crippen LogP contribution < -0.4 is 0 Å². The van der Waals surface area contributed by atoms with Crippen molar-refractivity contribution in [2.45, 2.75) is 6.42 Å². The Balaban J connectivity index is 0.00000161. The molecule has 3 rings (SSSR count). The van der Waals surface area contributed by atoms with Crippen molar-refractivity contribution in [3.05, 3.63) is 70.3 Å². The second kappa shape index (κ2) is 6.98. The minimum absolute atomic E-state index is 0. The lowest BCUT2D eigenvalue weighted by molar-refractivity contribution is 1.13. The van der Waals surface area contributed by atoms with Crippen LogP contribution in [0.3, 0.4) is 0 Å². The molecule has 3 nitrogen and oxygen atoms in total. The van der Waals surface area contributed by atoms with Crippen molar-refractivity contribution in [1.82, 2.24) is 9.97 Å². The van der Waals surface area contributed by atoms with Gasteiger partial charge in [-0.1, -0.05) is 18.2 Å². The molecule has 2 heterocycles. The largest absolute Gasteiger partial charge is 0.265 e. The van der Waals surface area contributed by atoms with Crippen LogP contribution in [0.4, 0.5) is 0 Å². The molecule has 104 valence electrons. The van der Waals surface area contributed by atoms with Gasteiger partial charge in [0.05, 0.1) is 22.3 Å². The average molecular weight is 314 g/mol. The summed E-state index contributed by atoms with van der Waals surface area (Å²) in [6, 6.07) is 13.8. The zero-order valence-electron chi connectivity index (χ0n) is 11.1. The molecule has 0 atom stereocenters. The van der Waals surface area contributed by atoms with Gasteiger partial charge < -0.3 is 0 Å². The van der Waals surface area contributed by atoms with Crippen LogP contribution in [-0.4, -0.2) is 9.97 Å². The number of thiazole rings is 1. The maximum atomic E-state index is 9.11. The van der Waals surface area contributed by atoms with Crippen molar-refractivity contribution in [1.29, 1.82) is 5.26 Å². The van der Waals surface area contributed by atoms with Crippen molar-refractivity contribution in [2.75, 3.05) is 0 Å². The Labute approximate surface area is 133 Å². The topological polar surface area (TPSA) is 49.6 Å². The number of hydrogen-bond donors (Lipinski definition) is 0. The molecule has 21 heavy (non-hydrogen) atoms. The highest BCUT2D eigenvalue weighted by Crippen LogP contribution is 2.23. The molecule has 0 fully saturated rings. The first-order valence-corrected chi connectivity index (χ1v) is 7.07. The fourth-order valence-electron chi connectivity index (χ4n) is 1.99. The van der Waals surface area contributed by atoms with E-state index >= 15 is 0 Å². The lowest BCUT2D eigenvalue weighted by atomic mass is 10.1. The molecule has 0 aliphatic carbocycles. The number of nitriles is 1. The summed E-state index contributed by atoms with van der Waals surface area (Å²) < 4.78 is 0. The molecule has 3 aromatic rings. The van der Waals surface area contributed by atoms with E-state index in [2.05, 4.69) is 16.0 Å².